The highest BCUT2D eigenvalue weighted by atomic mass is 32.1. The molecule has 1 aromatic rings. The number of amides is 1. The Kier molecular flexibility index (Phi) is 10.2. The Bertz CT molecular complexity index is 730. The largest absolute Gasteiger partial charge is 0.462 e. The van der Waals surface area contributed by atoms with Crippen LogP contribution in [0.1, 0.15) is 45.9 Å². The fourth-order valence-electron chi connectivity index (χ4n) is 3.07. The number of carbonyl (C=O) groups is 3. The molecule has 0 saturated carbocycles. The predicted molar refractivity (Wildman–Crippen MR) is 114 cm³/mol. The maximum atomic E-state index is 12.4. The second kappa shape index (κ2) is 12.6. The summed E-state index contributed by atoms with van der Waals surface area (Å²) in [6, 6.07) is 0. The Morgan fingerprint density at radius 3 is 2.43 bits per heavy atom. The van der Waals surface area contributed by atoms with Crippen molar-refractivity contribution in [3.8, 4) is 0 Å². The molecule has 1 aliphatic heterocycles. The first-order chi connectivity index (χ1) is 14.5. The van der Waals surface area contributed by atoms with Gasteiger partial charge in [-0.25, -0.2) is 9.59 Å². The van der Waals surface area contributed by atoms with E-state index >= 15 is 0 Å². The van der Waals surface area contributed by atoms with Crippen LogP contribution in [0.2, 0.25) is 0 Å². The van der Waals surface area contributed by atoms with Gasteiger partial charge >= 0.3 is 11.9 Å². The molecular formula is C20H31N3O6S. The Morgan fingerprint density at radius 2 is 1.77 bits per heavy atom. The molecule has 2 rings (SSSR count). The first-order valence-electron chi connectivity index (χ1n) is 10.3. The lowest BCUT2D eigenvalue weighted by atomic mass is 10.1. The van der Waals surface area contributed by atoms with Gasteiger partial charge in [-0.05, 0) is 45.8 Å². The zero-order valence-corrected chi connectivity index (χ0v) is 18.7. The number of nitrogens with one attached hydrogen (secondary N) is 2. The van der Waals surface area contributed by atoms with Crippen molar-refractivity contribution in [3.63, 3.8) is 0 Å². The molecule has 1 aromatic heterocycles. The van der Waals surface area contributed by atoms with Crippen LogP contribution in [0.4, 0.5) is 5.00 Å². The maximum absolute atomic E-state index is 12.4. The van der Waals surface area contributed by atoms with Crippen LogP contribution >= 0.6 is 11.3 Å². The van der Waals surface area contributed by atoms with Crippen LogP contribution < -0.4 is 10.6 Å². The average Bonchev–Trinajstić information content (AvgIpc) is 3.04. The van der Waals surface area contributed by atoms with E-state index in [2.05, 4.69) is 15.5 Å². The molecule has 9 nitrogen and oxygen atoms in total. The lowest BCUT2D eigenvalue weighted by molar-refractivity contribution is -0.115. The molecule has 0 bridgehead atoms. The Hall–Kier alpha value is -2.01. The molecule has 0 unspecified atom stereocenters. The molecule has 168 valence electrons. The number of esters is 2. The zero-order chi connectivity index (χ0) is 21.9. The van der Waals surface area contributed by atoms with Gasteiger partial charge in [-0.3, -0.25) is 9.69 Å². The van der Waals surface area contributed by atoms with Gasteiger partial charge in [0, 0.05) is 13.1 Å². The highest BCUT2D eigenvalue weighted by Crippen LogP contribution is 2.34. The van der Waals surface area contributed by atoms with E-state index in [0.717, 1.165) is 50.6 Å². The minimum Gasteiger partial charge on any atom is -0.462 e. The summed E-state index contributed by atoms with van der Waals surface area (Å²) in [4.78, 5) is 39.5. The second-order valence-corrected chi connectivity index (χ2v) is 7.75. The average molecular weight is 442 g/mol. The summed E-state index contributed by atoms with van der Waals surface area (Å²) in [6.45, 7) is 10.7. The lowest BCUT2D eigenvalue weighted by Gasteiger charge is -2.26. The SMILES string of the molecule is CCOC(=O)c1sc(NC(=O)CNCCCN2CCOCC2)c(C(=O)OCC)c1C. The molecule has 0 aliphatic carbocycles. The van der Waals surface area contributed by atoms with Crippen molar-refractivity contribution < 1.29 is 28.6 Å². The van der Waals surface area contributed by atoms with Gasteiger partial charge in [0.2, 0.25) is 5.91 Å². The first-order valence-corrected chi connectivity index (χ1v) is 11.1. The second-order valence-electron chi connectivity index (χ2n) is 6.73. The van der Waals surface area contributed by atoms with Gasteiger partial charge in [0.1, 0.15) is 9.88 Å². The summed E-state index contributed by atoms with van der Waals surface area (Å²) in [6.07, 6.45) is 0.923. The topological polar surface area (TPSA) is 106 Å². The fraction of sp³-hybridized carbons (Fsp3) is 0.650. The van der Waals surface area contributed by atoms with E-state index in [1.165, 1.54) is 0 Å². The van der Waals surface area contributed by atoms with Crippen LogP contribution in [-0.4, -0.2) is 81.9 Å². The summed E-state index contributed by atoms with van der Waals surface area (Å²) in [7, 11) is 0. The summed E-state index contributed by atoms with van der Waals surface area (Å²) >= 11 is 1.03. The number of rotatable bonds is 11. The van der Waals surface area contributed by atoms with E-state index in [0.29, 0.717) is 17.1 Å². The Balaban J connectivity index is 1.91. The number of anilines is 1. The quantitative estimate of drug-likeness (QED) is 0.395. The normalized spacial score (nSPS) is 14.4. The monoisotopic (exact) mass is 441 g/mol. The molecule has 0 atom stereocenters. The van der Waals surface area contributed by atoms with Gasteiger partial charge in [0.05, 0.1) is 38.5 Å². The molecule has 0 radical (unpaired) electrons. The van der Waals surface area contributed by atoms with Gasteiger partial charge in [0.15, 0.2) is 0 Å². The fourth-order valence-corrected chi connectivity index (χ4v) is 4.17. The van der Waals surface area contributed by atoms with Crippen LogP contribution in [0.15, 0.2) is 0 Å². The van der Waals surface area contributed by atoms with Gasteiger partial charge in [0.25, 0.3) is 0 Å². The minimum atomic E-state index is -0.574. The van der Waals surface area contributed by atoms with Gasteiger partial charge in [-0.1, -0.05) is 0 Å². The number of carbonyl (C=O) groups excluding carboxylic acids is 3. The van der Waals surface area contributed by atoms with E-state index in [9.17, 15) is 14.4 Å². The van der Waals surface area contributed by atoms with Gasteiger partial charge in [-0.15, -0.1) is 11.3 Å². The number of ether oxygens (including phenoxy) is 3. The molecule has 2 heterocycles. The van der Waals surface area contributed by atoms with Crippen LogP contribution in [0, 0.1) is 6.92 Å². The Labute approximate surface area is 181 Å². The molecule has 1 fully saturated rings. The highest BCUT2D eigenvalue weighted by molar-refractivity contribution is 7.18. The van der Waals surface area contributed by atoms with Crippen molar-refractivity contribution in [2.75, 3.05) is 64.5 Å². The molecule has 10 heteroatoms. The van der Waals surface area contributed by atoms with Crippen LogP contribution in [0.3, 0.4) is 0 Å². The third-order valence-electron chi connectivity index (χ3n) is 4.56. The molecule has 0 aromatic carbocycles. The zero-order valence-electron chi connectivity index (χ0n) is 17.9. The van der Waals surface area contributed by atoms with Gasteiger partial charge in [-0.2, -0.15) is 0 Å². The summed E-state index contributed by atoms with van der Waals surface area (Å²) < 4.78 is 15.5. The molecular weight excluding hydrogens is 410 g/mol. The van der Waals surface area contributed by atoms with Crippen molar-refractivity contribution in [3.05, 3.63) is 16.0 Å². The van der Waals surface area contributed by atoms with E-state index in [-0.39, 0.29) is 36.1 Å². The van der Waals surface area contributed by atoms with E-state index in [4.69, 9.17) is 14.2 Å². The maximum Gasteiger partial charge on any atom is 0.348 e. The third kappa shape index (κ3) is 7.05. The van der Waals surface area contributed by atoms with Gasteiger partial charge < -0.3 is 24.8 Å². The van der Waals surface area contributed by atoms with Crippen molar-refractivity contribution in [2.24, 2.45) is 0 Å². The minimum absolute atomic E-state index is 0.108. The summed E-state index contributed by atoms with van der Waals surface area (Å²) in [5.74, 6) is -1.38. The number of nitrogens with zero attached hydrogens (tertiary/aromatic N) is 1. The number of thiophene rings is 1. The van der Waals surface area contributed by atoms with E-state index in [1.54, 1.807) is 20.8 Å². The summed E-state index contributed by atoms with van der Waals surface area (Å²) in [5.41, 5.74) is 0.649. The number of hydrogen-bond donors (Lipinski definition) is 2. The predicted octanol–water partition coefficient (Wildman–Crippen LogP) is 1.66. The van der Waals surface area contributed by atoms with Crippen LogP contribution in [0.5, 0.6) is 0 Å². The van der Waals surface area contributed by atoms with Crippen LogP contribution in [0.25, 0.3) is 0 Å². The van der Waals surface area contributed by atoms with Crippen molar-refractivity contribution in [1.29, 1.82) is 0 Å². The molecule has 1 aliphatic rings. The lowest BCUT2D eigenvalue weighted by Crippen LogP contribution is -2.38. The molecule has 30 heavy (non-hydrogen) atoms. The molecule has 1 amide bonds. The van der Waals surface area contributed by atoms with E-state index in [1.807, 2.05) is 0 Å². The van der Waals surface area contributed by atoms with Crippen molar-refractivity contribution in [1.82, 2.24) is 10.2 Å². The smallest absolute Gasteiger partial charge is 0.348 e. The highest BCUT2D eigenvalue weighted by Gasteiger charge is 2.27. The molecule has 2 N–H and O–H groups in total. The van der Waals surface area contributed by atoms with Crippen molar-refractivity contribution in [2.45, 2.75) is 27.2 Å². The Morgan fingerprint density at radius 1 is 1.10 bits per heavy atom. The first kappa shape index (κ1) is 24.3. The van der Waals surface area contributed by atoms with Crippen LogP contribution in [-0.2, 0) is 19.0 Å². The standard InChI is InChI=1S/C20H31N3O6S/c1-4-28-19(25)16-14(3)17(20(26)29-5-2)30-18(16)22-15(24)13-21-7-6-8-23-9-11-27-12-10-23/h21H,4-13H2,1-3H3,(H,22,24). The van der Waals surface area contributed by atoms with Crippen molar-refractivity contribution >= 4 is 34.2 Å². The molecule has 1 saturated heterocycles. The number of morpholine rings is 1. The van der Waals surface area contributed by atoms with E-state index < -0.39 is 11.9 Å². The number of hydrogen-bond acceptors (Lipinski definition) is 9. The molecule has 0 spiro atoms. The third-order valence-corrected chi connectivity index (χ3v) is 5.74. The summed E-state index contributed by atoms with van der Waals surface area (Å²) in [5, 5.41) is 6.14.